The minimum absolute atomic E-state index is 0.0238. The lowest BCUT2D eigenvalue weighted by atomic mass is 10.0. The first-order chi connectivity index (χ1) is 9.06. The Morgan fingerprint density at radius 1 is 1.53 bits per heavy atom. The fourth-order valence-corrected chi connectivity index (χ4v) is 1.86. The maximum Gasteiger partial charge on any atom is 0.387 e. The van der Waals surface area contributed by atoms with Crippen molar-refractivity contribution >= 4 is 5.91 Å². The van der Waals surface area contributed by atoms with Gasteiger partial charge in [-0.05, 0) is 13.0 Å². The molecule has 1 saturated heterocycles. The van der Waals surface area contributed by atoms with Gasteiger partial charge in [-0.1, -0.05) is 17.7 Å². The van der Waals surface area contributed by atoms with E-state index in [1.165, 1.54) is 6.07 Å². The molecule has 1 aromatic rings. The Morgan fingerprint density at radius 3 is 2.84 bits per heavy atom. The fourth-order valence-electron chi connectivity index (χ4n) is 1.86. The third kappa shape index (κ3) is 3.64. The van der Waals surface area contributed by atoms with E-state index in [0.717, 1.165) is 5.56 Å². The highest BCUT2D eigenvalue weighted by Crippen LogP contribution is 2.22. The Balaban J connectivity index is 2.00. The second kappa shape index (κ2) is 5.97. The van der Waals surface area contributed by atoms with E-state index in [1.54, 1.807) is 12.1 Å². The number of ether oxygens (including phenoxy) is 1. The summed E-state index contributed by atoms with van der Waals surface area (Å²) in [4.78, 5) is 11.7. The van der Waals surface area contributed by atoms with Crippen LogP contribution in [0.15, 0.2) is 18.2 Å². The number of halogens is 2. The lowest BCUT2D eigenvalue weighted by Gasteiger charge is -2.26. The standard InChI is InChI=1S/C13H16F2N2O2/c1-8-2-3-11(19-13(14)15)9(4-8)7-17-12(18)10-5-16-6-10/h2-4,10,13,16H,5-7H2,1H3,(H,17,18). The molecular weight excluding hydrogens is 254 g/mol. The van der Waals surface area contributed by atoms with Gasteiger partial charge in [0.2, 0.25) is 5.91 Å². The summed E-state index contributed by atoms with van der Waals surface area (Å²) in [5, 5.41) is 5.74. The SMILES string of the molecule is Cc1ccc(OC(F)F)c(CNC(=O)C2CNC2)c1. The number of hydrogen-bond acceptors (Lipinski definition) is 3. The summed E-state index contributed by atoms with van der Waals surface area (Å²) in [6.07, 6.45) is 0. The van der Waals surface area contributed by atoms with Gasteiger partial charge in [0.1, 0.15) is 5.75 Å². The zero-order valence-corrected chi connectivity index (χ0v) is 10.6. The van der Waals surface area contributed by atoms with E-state index in [9.17, 15) is 13.6 Å². The molecule has 2 rings (SSSR count). The molecule has 1 fully saturated rings. The van der Waals surface area contributed by atoms with E-state index < -0.39 is 6.61 Å². The lowest BCUT2D eigenvalue weighted by Crippen LogP contribution is -2.50. The normalized spacial score (nSPS) is 15.2. The van der Waals surface area contributed by atoms with Crippen molar-refractivity contribution in [1.29, 1.82) is 0 Å². The molecule has 0 aromatic heterocycles. The third-order valence-corrected chi connectivity index (χ3v) is 3.04. The summed E-state index contributed by atoms with van der Waals surface area (Å²) >= 11 is 0. The van der Waals surface area contributed by atoms with Crippen molar-refractivity contribution < 1.29 is 18.3 Å². The van der Waals surface area contributed by atoms with Crippen molar-refractivity contribution in [2.24, 2.45) is 5.92 Å². The number of rotatable bonds is 5. The number of hydrogen-bond donors (Lipinski definition) is 2. The molecule has 1 aliphatic heterocycles. The largest absolute Gasteiger partial charge is 0.434 e. The van der Waals surface area contributed by atoms with Crippen LogP contribution >= 0.6 is 0 Å². The van der Waals surface area contributed by atoms with Crippen LogP contribution < -0.4 is 15.4 Å². The average molecular weight is 270 g/mol. The van der Waals surface area contributed by atoms with Gasteiger partial charge in [-0.15, -0.1) is 0 Å². The Labute approximate surface area is 110 Å². The summed E-state index contributed by atoms with van der Waals surface area (Å²) in [7, 11) is 0. The summed E-state index contributed by atoms with van der Waals surface area (Å²) in [5.74, 6) is 0.0140. The monoisotopic (exact) mass is 270 g/mol. The molecule has 0 aliphatic carbocycles. The summed E-state index contributed by atoms with van der Waals surface area (Å²) in [6.45, 7) is 0.514. The van der Waals surface area contributed by atoms with Gasteiger partial charge in [-0.2, -0.15) is 8.78 Å². The second-order valence-corrected chi connectivity index (χ2v) is 4.56. The summed E-state index contributed by atoms with van der Waals surface area (Å²) in [6, 6.07) is 4.92. The lowest BCUT2D eigenvalue weighted by molar-refractivity contribution is -0.126. The highest BCUT2D eigenvalue weighted by molar-refractivity contribution is 5.80. The van der Waals surface area contributed by atoms with Crippen LogP contribution in [0.3, 0.4) is 0 Å². The van der Waals surface area contributed by atoms with Crippen molar-refractivity contribution in [1.82, 2.24) is 10.6 Å². The van der Waals surface area contributed by atoms with Gasteiger partial charge in [0.25, 0.3) is 0 Å². The predicted molar refractivity (Wildman–Crippen MR) is 66.0 cm³/mol. The number of nitrogens with one attached hydrogen (secondary N) is 2. The van der Waals surface area contributed by atoms with Crippen molar-refractivity contribution in [3.05, 3.63) is 29.3 Å². The smallest absolute Gasteiger partial charge is 0.387 e. The zero-order chi connectivity index (χ0) is 13.8. The van der Waals surface area contributed by atoms with Crippen molar-refractivity contribution in [3.8, 4) is 5.75 Å². The van der Waals surface area contributed by atoms with E-state index in [0.29, 0.717) is 18.7 Å². The number of carbonyl (C=O) groups is 1. The van der Waals surface area contributed by atoms with Gasteiger partial charge < -0.3 is 15.4 Å². The summed E-state index contributed by atoms with van der Waals surface area (Å²) in [5.41, 5.74) is 1.48. The molecule has 0 bridgehead atoms. The molecule has 4 nitrogen and oxygen atoms in total. The molecular formula is C13H16F2N2O2. The number of carbonyl (C=O) groups excluding carboxylic acids is 1. The van der Waals surface area contributed by atoms with Gasteiger partial charge >= 0.3 is 6.61 Å². The van der Waals surface area contributed by atoms with E-state index in [1.807, 2.05) is 6.92 Å². The number of benzene rings is 1. The molecule has 6 heteroatoms. The highest BCUT2D eigenvalue weighted by atomic mass is 19.3. The maximum atomic E-state index is 12.3. The molecule has 0 spiro atoms. The van der Waals surface area contributed by atoms with Gasteiger partial charge in [-0.25, -0.2) is 0 Å². The fraction of sp³-hybridized carbons (Fsp3) is 0.462. The Hall–Kier alpha value is -1.69. The Kier molecular flexibility index (Phi) is 4.31. The van der Waals surface area contributed by atoms with E-state index in [2.05, 4.69) is 15.4 Å². The molecule has 1 amide bonds. The Morgan fingerprint density at radius 2 is 2.26 bits per heavy atom. The minimum Gasteiger partial charge on any atom is -0.434 e. The average Bonchev–Trinajstić information content (AvgIpc) is 2.26. The first-order valence-corrected chi connectivity index (χ1v) is 6.09. The van der Waals surface area contributed by atoms with Crippen LogP contribution in [0.25, 0.3) is 0 Å². The minimum atomic E-state index is -2.87. The number of aryl methyl sites for hydroxylation is 1. The molecule has 1 aromatic carbocycles. The van der Waals surface area contributed by atoms with Gasteiger partial charge in [-0.3, -0.25) is 4.79 Å². The van der Waals surface area contributed by atoms with Crippen molar-refractivity contribution in [2.75, 3.05) is 13.1 Å². The van der Waals surface area contributed by atoms with Gasteiger partial charge in [0.05, 0.1) is 5.92 Å². The molecule has 104 valence electrons. The predicted octanol–water partition coefficient (Wildman–Crippen LogP) is 1.43. The third-order valence-electron chi connectivity index (χ3n) is 3.04. The van der Waals surface area contributed by atoms with E-state index in [4.69, 9.17) is 0 Å². The van der Waals surface area contributed by atoms with E-state index in [-0.39, 0.29) is 24.1 Å². The molecule has 0 unspecified atom stereocenters. The van der Waals surface area contributed by atoms with Crippen LogP contribution in [-0.4, -0.2) is 25.6 Å². The van der Waals surface area contributed by atoms with Crippen LogP contribution in [-0.2, 0) is 11.3 Å². The maximum absolute atomic E-state index is 12.3. The number of alkyl halides is 2. The van der Waals surface area contributed by atoms with Crippen LogP contribution in [0.5, 0.6) is 5.75 Å². The van der Waals surface area contributed by atoms with Gasteiger partial charge in [0.15, 0.2) is 0 Å². The molecule has 2 N–H and O–H groups in total. The molecule has 1 heterocycles. The van der Waals surface area contributed by atoms with Crippen LogP contribution in [0, 0.1) is 12.8 Å². The van der Waals surface area contributed by atoms with Crippen LogP contribution in [0.2, 0.25) is 0 Å². The first kappa shape index (κ1) is 13.7. The second-order valence-electron chi connectivity index (χ2n) is 4.56. The molecule has 1 aliphatic rings. The topological polar surface area (TPSA) is 50.4 Å². The molecule has 0 saturated carbocycles. The van der Waals surface area contributed by atoms with Crippen LogP contribution in [0.4, 0.5) is 8.78 Å². The number of amides is 1. The quantitative estimate of drug-likeness (QED) is 0.851. The molecule has 0 atom stereocenters. The van der Waals surface area contributed by atoms with Crippen molar-refractivity contribution in [3.63, 3.8) is 0 Å². The summed E-state index contributed by atoms with van der Waals surface area (Å²) < 4.78 is 29.0. The zero-order valence-electron chi connectivity index (χ0n) is 10.6. The first-order valence-electron chi connectivity index (χ1n) is 6.09. The van der Waals surface area contributed by atoms with Crippen LogP contribution in [0.1, 0.15) is 11.1 Å². The van der Waals surface area contributed by atoms with Crippen molar-refractivity contribution in [2.45, 2.75) is 20.1 Å². The van der Waals surface area contributed by atoms with E-state index >= 15 is 0 Å². The molecule has 0 radical (unpaired) electrons. The Bertz CT molecular complexity index is 462. The molecule has 19 heavy (non-hydrogen) atoms. The highest BCUT2D eigenvalue weighted by Gasteiger charge is 2.24. The van der Waals surface area contributed by atoms with Gasteiger partial charge in [0, 0.05) is 25.2 Å².